The Morgan fingerprint density at radius 2 is 1.13 bits per heavy atom. The van der Waals surface area contributed by atoms with Crippen molar-refractivity contribution in [3.8, 4) is 39.3 Å². The van der Waals surface area contributed by atoms with E-state index in [0.29, 0.717) is 0 Å². The lowest BCUT2D eigenvalue weighted by molar-refractivity contribution is 0.666. The lowest BCUT2D eigenvalue weighted by atomic mass is 9.65. The van der Waals surface area contributed by atoms with Gasteiger partial charge in [0.1, 0.15) is 17.0 Å². The smallest absolute Gasteiger partial charge is 0.145 e. The molecular formula is C52H32N2O. The summed E-state index contributed by atoms with van der Waals surface area (Å²) in [6, 6.07) is 65.8. The van der Waals surface area contributed by atoms with Gasteiger partial charge in [-0.05, 0) is 104 Å². The predicted octanol–water partition coefficient (Wildman–Crippen LogP) is 13.1. The van der Waals surface area contributed by atoms with E-state index < -0.39 is 5.41 Å². The Balaban J connectivity index is 1.07. The summed E-state index contributed by atoms with van der Waals surface area (Å²) in [6.45, 7) is 0. The van der Waals surface area contributed by atoms with Crippen LogP contribution in [0.2, 0.25) is 0 Å². The Morgan fingerprint density at radius 1 is 0.436 bits per heavy atom. The molecule has 0 saturated carbocycles. The average Bonchev–Trinajstić information content (AvgIpc) is 3.87. The second-order valence-electron chi connectivity index (χ2n) is 14.7. The number of imidazole rings is 1. The quantitative estimate of drug-likeness (QED) is 0.184. The highest BCUT2D eigenvalue weighted by atomic mass is 16.3. The first-order valence-electron chi connectivity index (χ1n) is 18.9. The van der Waals surface area contributed by atoms with E-state index in [-0.39, 0.29) is 0 Å². The van der Waals surface area contributed by atoms with Crippen molar-refractivity contribution in [2.45, 2.75) is 5.41 Å². The maximum absolute atomic E-state index is 6.59. The Labute approximate surface area is 318 Å². The van der Waals surface area contributed by atoms with Crippen LogP contribution in [0.3, 0.4) is 0 Å². The minimum atomic E-state index is -0.564. The third-order valence-corrected chi connectivity index (χ3v) is 11.9. The molecule has 0 fully saturated rings. The van der Waals surface area contributed by atoms with Crippen LogP contribution in [0.15, 0.2) is 186 Å². The van der Waals surface area contributed by atoms with E-state index in [1.54, 1.807) is 0 Å². The molecule has 2 aliphatic rings. The fourth-order valence-corrected chi connectivity index (χ4v) is 9.46. The molecule has 1 unspecified atom stereocenters. The van der Waals surface area contributed by atoms with Gasteiger partial charge >= 0.3 is 0 Å². The second-order valence-corrected chi connectivity index (χ2v) is 14.7. The van der Waals surface area contributed by atoms with Crippen LogP contribution >= 0.6 is 0 Å². The maximum atomic E-state index is 6.59. The zero-order valence-corrected chi connectivity index (χ0v) is 29.8. The molecule has 1 atom stereocenters. The summed E-state index contributed by atoms with van der Waals surface area (Å²) in [5, 5.41) is 2.29. The third kappa shape index (κ3) is 4.24. The molecule has 3 heteroatoms. The minimum absolute atomic E-state index is 0.564. The highest BCUT2D eigenvalue weighted by molar-refractivity contribution is 6.08. The minimum Gasteiger partial charge on any atom is -0.456 e. The fourth-order valence-electron chi connectivity index (χ4n) is 9.46. The van der Waals surface area contributed by atoms with Crippen LogP contribution in [-0.2, 0) is 5.41 Å². The first-order chi connectivity index (χ1) is 27.3. The van der Waals surface area contributed by atoms with Crippen molar-refractivity contribution in [3.63, 3.8) is 0 Å². The van der Waals surface area contributed by atoms with Crippen LogP contribution in [0.5, 0.6) is 0 Å². The Kier molecular flexibility index (Phi) is 6.26. The summed E-state index contributed by atoms with van der Waals surface area (Å²) in [5.41, 5.74) is 17.9. The molecule has 0 saturated heterocycles. The monoisotopic (exact) mass is 700 g/mol. The molecule has 0 radical (unpaired) electrons. The summed E-state index contributed by atoms with van der Waals surface area (Å²) in [4.78, 5) is 5.13. The average molecular weight is 701 g/mol. The van der Waals surface area contributed by atoms with Crippen LogP contribution in [0, 0.1) is 0 Å². The molecule has 2 aromatic heterocycles. The van der Waals surface area contributed by atoms with Gasteiger partial charge in [0.2, 0.25) is 0 Å². The van der Waals surface area contributed by atoms with E-state index in [1.165, 1.54) is 50.1 Å². The standard InChI is InChI=1S/C52H32N2O/c1-2-13-38(14-3-1)54-48-20-10-9-19-47(48)53-51(54)36-27-22-33(23-28-36)37-29-26-35-25-24-34-12-4-7-17-43(34)52(45(35)30-37)44-18-8-5-15-39(44)41-31-42-40-16-6-11-21-49(40)55-50(42)32-46(41)52/h1-32H. The highest BCUT2D eigenvalue weighted by Gasteiger charge is 2.49. The summed E-state index contributed by atoms with van der Waals surface area (Å²) < 4.78 is 8.85. The third-order valence-electron chi connectivity index (χ3n) is 11.9. The summed E-state index contributed by atoms with van der Waals surface area (Å²) in [7, 11) is 0. The van der Waals surface area contributed by atoms with Crippen molar-refractivity contribution in [2.24, 2.45) is 0 Å². The van der Waals surface area contributed by atoms with Gasteiger partial charge in [-0.3, -0.25) is 4.57 Å². The van der Waals surface area contributed by atoms with E-state index in [0.717, 1.165) is 55.6 Å². The Bertz CT molecular complexity index is 3200. The molecule has 0 aliphatic heterocycles. The first kappa shape index (κ1) is 30.3. The van der Waals surface area contributed by atoms with Gasteiger partial charge in [0.25, 0.3) is 0 Å². The number of furan rings is 1. The van der Waals surface area contributed by atoms with E-state index in [4.69, 9.17) is 9.40 Å². The normalized spacial score (nSPS) is 15.3. The van der Waals surface area contributed by atoms with Gasteiger partial charge in [-0.1, -0.05) is 146 Å². The number of nitrogens with zero attached hydrogens (tertiary/aromatic N) is 2. The van der Waals surface area contributed by atoms with Crippen molar-refractivity contribution in [3.05, 3.63) is 215 Å². The van der Waals surface area contributed by atoms with Gasteiger partial charge in [0, 0.05) is 22.0 Å². The van der Waals surface area contributed by atoms with E-state index >= 15 is 0 Å². The van der Waals surface area contributed by atoms with E-state index in [1.807, 2.05) is 6.07 Å². The predicted molar refractivity (Wildman–Crippen MR) is 225 cm³/mol. The molecule has 10 aromatic rings. The van der Waals surface area contributed by atoms with Crippen molar-refractivity contribution in [2.75, 3.05) is 0 Å². The fraction of sp³-hybridized carbons (Fsp3) is 0.0192. The lowest BCUT2D eigenvalue weighted by Crippen LogP contribution is -2.30. The van der Waals surface area contributed by atoms with Crippen LogP contribution in [0.1, 0.15) is 33.4 Å². The number of benzene rings is 8. The molecule has 8 aromatic carbocycles. The van der Waals surface area contributed by atoms with Crippen LogP contribution in [0.25, 0.3) is 84.5 Å². The zero-order valence-electron chi connectivity index (χ0n) is 29.8. The van der Waals surface area contributed by atoms with Gasteiger partial charge in [-0.2, -0.15) is 0 Å². The van der Waals surface area contributed by atoms with Gasteiger partial charge < -0.3 is 4.42 Å². The van der Waals surface area contributed by atoms with E-state index in [9.17, 15) is 0 Å². The van der Waals surface area contributed by atoms with Crippen LogP contribution in [0.4, 0.5) is 0 Å². The lowest BCUT2D eigenvalue weighted by Gasteiger charge is -2.35. The second kappa shape index (κ2) is 11.4. The van der Waals surface area contributed by atoms with Gasteiger partial charge in [-0.25, -0.2) is 4.98 Å². The topological polar surface area (TPSA) is 31.0 Å². The Hall–Kier alpha value is -7.23. The number of fused-ring (bicyclic) bond motifs is 13. The van der Waals surface area contributed by atoms with Gasteiger partial charge in [-0.15, -0.1) is 0 Å². The molecular weight excluding hydrogens is 669 g/mol. The zero-order chi connectivity index (χ0) is 36.1. The molecule has 0 bridgehead atoms. The molecule has 55 heavy (non-hydrogen) atoms. The molecule has 1 spiro atoms. The summed E-state index contributed by atoms with van der Waals surface area (Å²) in [5.74, 6) is 0.928. The van der Waals surface area contributed by atoms with Crippen molar-refractivity contribution >= 4 is 45.1 Å². The number of hydrogen-bond donors (Lipinski definition) is 0. The van der Waals surface area contributed by atoms with Gasteiger partial charge in [0.05, 0.1) is 16.4 Å². The number of rotatable bonds is 3. The highest BCUT2D eigenvalue weighted by Crippen LogP contribution is 2.59. The number of hydrogen-bond acceptors (Lipinski definition) is 2. The molecule has 256 valence electrons. The largest absolute Gasteiger partial charge is 0.456 e. The summed E-state index contributed by atoms with van der Waals surface area (Å²) >= 11 is 0. The first-order valence-corrected chi connectivity index (χ1v) is 18.9. The molecule has 12 rings (SSSR count). The SMILES string of the molecule is C1=Cc2ccc(-c3ccc(-c4nc5ccccc5n4-c4ccccc4)cc3)cc2C2(c3ccccc31)c1ccccc1-c1cc3c(cc12)oc1ccccc13. The van der Waals surface area contributed by atoms with Crippen LogP contribution < -0.4 is 0 Å². The molecule has 2 heterocycles. The summed E-state index contributed by atoms with van der Waals surface area (Å²) in [6.07, 6.45) is 4.58. The van der Waals surface area contributed by atoms with Crippen LogP contribution in [-0.4, -0.2) is 9.55 Å². The van der Waals surface area contributed by atoms with Crippen molar-refractivity contribution in [1.82, 2.24) is 9.55 Å². The molecule has 0 N–H and O–H groups in total. The Morgan fingerprint density at radius 3 is 2.02 bits per heavy atom. The van der Waals surface area contributed by atoms with Crippen molar-refractivity contribution < 1.29 is 4.42 Å². The molecule has 2 aliphatic carbocycles. The molecule has 0 amide bonds. The number of para-hydroxylation sites is 4. The number of aromatic nitrogens is 2. The van der Waals surface area contributed by atoms with Gasteiger partial charge in [0.15, 0.2) is 0 Å². The van der Waals surface area contributed by atoms with E-state index in [2.05, 4.69) is 193 Å². The maximum Gasteiger partial charge on any atom is 0.145 e. The molecule has 3 nitrogen and oxygen atoms in total. The van der Waals surface area contributed by atoms with Crippen molar-refractivity contribution in [1.29, 1.82) is 0 Å².